The Morgan fingerprint density at radius 1 is 1.01 bits per heavy atom. The molecule has 6 atom stereocenters. The highest BCUT2D eigenvalue weighted by Gasteiger charge is 2.68. The van der Waals surface area contributed by atoms with Crippen molar-refractivity contribution in [2.45, 2.75) is 131 Å². The molecule has 0 unspecified atom stereocenters. The van der Waals surface area contributed by atoms with Gasteiger partial charge in [0.2, 0.25) is 23.6 Å². The van der Waals surface area contributed by atoms with E-state index in [0.717, 1.165) is 27.5 Å². The summed E-state index contributed by atoms with van der Waals surface area (Å²) >= 11 is 8.01. The maximum Gasteiger partial charge on any atom is 0.250 e. The van der Waals surface area contributed by atoms with Crippen LogP contribution in [0.25, 0.3) is 10.4 Å². The first-order valence-electron chi connectivity index (χ1n) is 24.7. The number of anilines is 1. The normalized spacial score (nSPS) is 23.6. The van der Waals surface area contributed by atoms with Crippen LogP contribution >= 0.6 is 22.9 Å². The number of aliphatic hydroxyl groups excluding tert-OH is 1. The van der Waals surface area contributed by atoms with E-state index in [2.05, 4.69) is 45.0 Å². The molecule has 2 aromatic heterocycles. The smallest absolute Gasteiger partial charge is 0.250 e. The van der Waals surface area contributed by atoms with Crippen molar-refractivity contribution in [3.63, 3.8) is 0 Å². The first kappa shape index (κ1) is 54.1. The van der Waals surface area contributed by atoms with Gasteiger partial charge in [0.25, 0.3) is 0 Å². The van der Waals surface area contributed by atoms with Crippen molar-refractivity contribution in [3.8, 4) is 22.3 Å². The average Bonchev–Trinajstić information content (AvgIpc) is 3.93. The monoisotopic (exact) mass is 1020 g/mol. The van der Waals surface area contributed by atoms with Gasteiger partial charge in [-0.15, -0.1) is 11.3 Å². The van der Waals surface area contributed by atoms with Gasteiger partial charge in [0.05, 0.1) is 51.0 Å². The predicted molar refractivity (Wildman–Crippen MR) is 278 cm³/mol. The summed E-state index contributed by atoms with van der Waals surface area (Å²) in [7, 11) is 0. The number of carbonyl (C=O) groups excluding carboxylic acids is 4. The van der Waals surface area contributed by atoms with Gasteiger partial charge in [0.1, 0.15) is 42.4 Å². The number of nitriles is 1. The number of aryl methyl sites for hydroxylation is 1. The number of aliphatic hydroxyl groups is 1. The second kappa shape index (κ2) is 21.4. The third kappa shape index (κ3) is 11.1. The molecule has 0 radical (unpaired) electrons. The average molecular weight is 1020 g/mol. The number of β-amino-alcohol motifs (C(OH)–C–C–N with tert-alkyl or cyclic N) is 1. The lowest BCUT2D eigenvalue weighted by Crippen LogP contribution is -2.78. The van der Waals surface area contributed by atoms with Gasteiger partial charge < -0.3 is 40.3 Å². The van der Waals surface area contributed by atoms with Crippen LogP contribution in [0.1, 0.15) is 109 Å². The standard InChI is InChI=1S/C54H70ClN9O7S/c1-31-26-61(27-32(2)63(31)43-19-17-38(25-58-43)47(57)67)20-21-70-29-44(66)64(50-53(8,9)51(54(50,10)11)71-40-18-16-37(24-56)41(55)23-40)46(52(5,6)7)49(69)62-28-39(65)22-42(62)48(68)60-33(3)35-12-14-36(15-13-35)45-34(4)59-30-72-45/h12-19,23,25,30-33,39,42,46,50-51,65H,20-22,26-29H2,1-11H3,(H2,57,67)(H,60,68)/t31-,32+,33-,39+,42+,46+,50?,51?/m0/s1. The number of nitrogens with zero attached hydrogens (tertiary/aromatic N) is 7. The Kier molecular flexibility index (Phi) is 16.1. The molecule has 4 heterocycles. The van der Waals surface area contributed by atoms with E-state index in [1.54, 1.807) is 40.5 Å². The van der Waals surface area contributed by atoms with Crippen LogP contribution in [0.15, 0.2) is 66.3 Å². The van der Waals surface area contributed by atoms with E-state index in [0.29, 0.717) is 36.5 Å². The summed E-state index contributed by atoms with van der Waals surface area (Å²) in [6.45, 7) is 23.7. The van der Waals surface area contributed by atoms with Crippen molar-refractivity contribution in [3.05, 3.63) is 93.7 Å². The largest absolute Gasteiger partial charge is 0.489 e. The molecule has 1 saturated carbocycles. The van der Waals surface area contributed by atoms with Crippen molar-refractivity contribution in [2.24, 2.45) is 22.0 Å². The number of amides is 4. The van der Waals surface area contributed by atoms with E-state index in [-0.39, 0.29) is 43.3 Å². The van der Waals surface area contributed by atoms with E-state index in [9.17, 15) is 20.0 Å². The minimum absolute atomic E-state index is 0.0366. The van der Waals surface area contributed by atoms with Crippen molar-refractivity contribution in [1.82, 2.24) is 30.0 Å². The van der Waals surface area contributed by atoms with Gasteiger partial charge in [-0.1, -0.05) is 84.3 Å². The Bertz CT molecular complexity index is 2640. The third-order valence-corrected chi connectivity index (χ3v) is 16.0. The van der Waals surface area contributed by atoms with E-state index in [1.807, 2.05) is 98.2 Å². The van der Waals surface area contributed by atoms with Crippen molar-refractivity contribution in [1.29, 1.82) is 5.26 Å². The number of hydrogen-bond donors (Lipinski definition) is 3. The molecule has 3 fully saturated rings. The van der Waals surface area contributed by atoms with Gasteiger partial charge in [0.15, 0.2) is 0 Å². The summed E-state index contributed by atoms with van der Waals surface area (Å²) in [6, 6.07) is 15.5. The molecule has 18 heteroatoms. The number of carbonyl (C=O) groups is 4. The van der Waals surface area contributed by atoms with Crippen LogP contribution in [0.5, 0.6) is 5.75 Å². The third-order valence-electron chi connectivity index (χ3n) is 14.7. The summed E-state index contributed by atoms with van der Waals surface area (Å²) in [6.07, 6.45) is 0.0972. The number of thiazole rings is 1. The molecule has 4 N–H and O–H groups in total. The van der Waals surface area contributed by atoms with Crippen LogP contribution < -0.4 is 20.7 Å². The molecule has 4 aromatic rings. The number of aromatic nitrogens is 2. The number of likely N-dealkylation sites (tertiary alicyclic amines) is 1. The second-order valence-corrected chi connectivity index (χ2v) is 23.3. The minimum atomic E-state index is -1.09. The highest BCUT2D eigenvalue weighted by atomic mass is 35.5. The zero-order valence-electron chi connectivity index (χ0n) is 43.3. The van der Waals surface area contributed by atoms with Crippen molar-refractivity contribution >= 4 is 52.4 Å². The van der Waals surface area contributed by atoms with Gasteiger partial charge in [-0.25, -0.2) is 9.97 Å². The number of halogens is 1. The number of hydrogen-bond acceptors (Lipinski definition) is 13. The minimum Gasteiger partial charge on any atom is -0.489 e. The maximum absolute atomic E-state index is 15.5. The molecule has 0 bridgehead atoms. The number of nitrogens with two attached hydrogens (primary N) is 1. The Labute approximate surface area is 432 Å². The van der Waals surface area contributed by atoms with E-state index >= 15 is 9.59 Å². The van der Waals surface area contributed by atoms with Gasteiger partial charge >= 0.3 is 0 Å². The van der Waals surface area contributed by atoms with Gasteiger partial charge in [0, 0.05) is 73.8 Å². The fraction of sp³-hybridized carbons (Fsp3) is 0.537. The number of primary amides is 1. The molecular weight excluding hydrogens is 954 g/mol. The SMILES string of the molecule is Cc1ncsc1-c1ccc([C@H](C)NC(=O)[C@H]2C[C@@H](O)CN2C(=O)[C@@H](N(C(=O)COCCN2C[C@@H](C)N(c3ccc(C(N)=O)cn3)[C@@H](C)C2)C2C(C)(C)C(Oc3ccc(C#N)c(Cl)c3)C2(C)C)C(C)(C)C)cc1. The molecule has 2 aliphatic heterocycles. The van der Waals surface area contributed by atoms with E-state index in [1.165, 1.54) is 11.1 Å². The molecular formula is C54H70ClN9O7S. The zero-order chi connectivity index (χ0) is 52.6. The lowest BCUT2D eigenvalue weighted by molar-refractivity contribution is -0.226. The topological polar surface area (TPSA) is 208 Å². The van der Waals surface area contributed by atoms with E-state index in [4.69, 9.17) is 26.8 Å². The maximum atomic E-state index is 15.5. The Morgan fingerprint density at radius 3 is 2.24 bits per heavy atom. The molecule has 2 aromatic carbocycles. The van der Waals surface area contributed by atoms with Crippen LogP contribution in [0, 0.1) is 34.5 Å². The number of benzene rings is 2. The highest BCUT2D eigenvalue weighted by molar-refractivity contribution is 7.13. The number of nitrogens with one attached hydrogen (secondary N) is 1. The fourth-order valence-electron chi connectivity index (χ4n) is 11.8. The Morgan fingerprint density at radius 2 is 1.68 bits per heavy atom. The quantitative estimate of drug-likeness (QED) is 0.0969. The van der Waals surface area contributed by atoms with E-state index < -0.39 is 76.2 Å². The fourth-order valence-corrected chi connectivity index (χ4v) is 12.8. The highest BCUT2D eigenvalue weighted by Crippen LogP contribution is 2.59. The number of ether oxygens (including phenoxy) is 2. The zero-order valence-corrected chi connectivity index (χ0v) is 44.9. The summed E-state index contributed by atoms with van der Waals surface area (Å²) in [4.78, 5) is 74.3. The van der Waals surface area contributed by atoms with Crippen LogP contribution in [-0.4, -0.2) is 135 Å². The number of rotatable bonds is 16. The lowest BCUT2D eigenvalue weighted by atomic mass is 9.48. The van der Waals surface area contributed by atoms with Crippen LogP contribution in [0.3, 0.4) is 0 Å². The molecule has 7 rings (SSSR count). The first-order chi connectivity index (χ1) is 33.8. The number of piperazine rings is 1. The molecule has 1 aliphatic carbocycles. The van der Waals surface area contributed by atoms with Gasteiger partial charge in [-0.3, -0.25) is 24.1 Å². The van der Waals surface area contributed by atoms with Crippen LogP contribution in [-0.2, 0) is 19.1 Å². The molecule has 72 heavy (non-hydrogen) atoms. The number of pyridine rings is 1. The molecule has 3 aliphatic rings. The molecule has 16 nitrogen and oxygen atoms in total. The van der Waals surface area contributed by atoms with Crippen LogP contribution in [0.2, 0.25) is 5.02 Å². The first-order valence-corrected chi connectivity index (χ1v) is 25.9. The predicted octanol–water partition coefficient (Wildman–Crippen LogP) is 7.02. The summed E-state index contributed by atoms with van der Waals surface area (Å²) < 4.78 is 12.9. The van der Waals surface area contributed by atoms with Gasteiger partial charge in [-0.2, -0.15) is 5.26 Å². The Hall–Kier alpha value is -5.64. The second-order valence-electron chi connectivity index (χ2n) is 22.1. The van der Waals surface area contributed by atoms with Crippen LogP contribution in [0.4, 0.5) is 5.82 Å². The Balaban J connectivity index is 1.11. The van der Waals surface area contributed by atoms with Crippen molar-refractivity contribution < 1.29 is 33.8 Å². The molecule has 386 valence electrons. The molecule has 2 saturated heterocycles. The lowest BCUT2D eigenvalue weighted by Gasteiger charge is -2.67. The summed E-state index contributed by atoms with van der Waals surface area (Å²) in [5, 5.41) is 24.1. The molecule has 4 amide bonds. The summed E-state index contributed by atoms with van der Waals surface area (Å²) in [5.74, 6) is -0.540. The van der Waals surface area contributed by atoms with Crippen molar-refractivity contribution in [2.75, 3.05) is 44.3 Å². The summed E-state index contributed by atoms with van der Waals surface area (Å²) in [5.41, 5.74) is 8.40. The molecule has 0 spiro atoms. The van der Waals surface area contributed by atoms with Gasteiger partial charge in [-0.05, 0) is 68.5 Å².